The van der Waals surface area contributed by atoms with Gasteiger partial charge in [-0.25, -0.2) is 8.42 Å². The van der Waals surface area contributed by atoms with Gasteiger partial charge in [0.25, 0.3) is 5.91 Å². The number of likely N-dealkylation sites (N-methyl/N-ethyl adjacent to an activating group) is 1. The van der Waals surface area contributed by atoms with Gasteiger partial charge in [0.15, 0.2) is 0 Å². The van der Waals surface area contributed by atoms with Gasteiger partial charge in [-0.2, -0.15) is 4.31 Å². The third-order valence-corrected chi connectivity index (χ3v) is 7.65. The Hall–Kier alpha value is -2.42. The summed E-state index contributed by atoms with van der Waals surface area (Å²) in [6, 6.07) is 10.6. The molecule has 0 atom stereocenters. The first kappa shape index (κ1) is 23.2. The van der Waals surface area contributed by atoms with Crippen LogP contribution in [-0.4, -0.2) is 69.9 Å². The van der Waals surface area contributed by atoms with E-state index in [2.05, 4.69) is 10.2 Å². The summed E-state index contributed by atoms with van der Waals surface area (Å²) in [5.41, 5.74) is 3.31. The number of piperazine rings is 1. The van der Waals surface area contributed by atoms with Crippen LogP contribution in [0.2, 0.25) is 0 Å². The first-order valence-electron chi connectivity index (χ1n) is 10.5. The van der Waals surface area contributed by atoms with Crippen molar-refractivity contribution in [1.29, 1.82) is 0 Å². The molecule has 1 amide bonds. The molecular formula is C23H31N3O4S. The molecule has 0 bridgehead atoms. The quantitative estimate of drug-likeness (QED) is 0.662. The largest absolute Gasteiger partial charge is 0.491 e. The number of amides is 1. The number of benzene rings is 2. The second-order valence-electron chi connectivity index (χ2n) is 7.99. The Morgan fingerprint density at radius 3 is 2.45 bits per heavy atom. The highest BCUT2D eigenvalue weighted by Gasteiger charge is 2.28. The fraction of sp³-hybridized carbons (Fsp3) is 0.435. The van der Waals surface area contributed by atoms with Gasteiger partial charge < -0.3 is 15.0 Å². The van der Waals surface area contributed by atoms with Crippen molar-refractivity contribution in [3.8, 4) is 5.75 Å². The van der Waals surface area contributed by atoms with Crippen molar-refractivity contribution in [2.45, 2.75) is 25.7 Å². The lowest BCUT2D eigenvalue weighted by molar-refractivity contribution is 0.0946. The van der Waals surface area contributed by atoms with Gasteiger partial charge in [0.05, 0.1) is 11.4 Å². The van der Waals surface area contributed by atoms with Gasteiger partial charge in [-0.05, 0) is 62.7 Å². The highest BCUT2D eigenvalue weighted by molar-refractivity contribution is 7.89. The average Bonchev–Trinajstić information content (AvgIpc) is 2.74. The Kier molecular flexibility index (Phi) is 7.35. The summed E-state index contributed by atoms with van der Waals surface area (Å²) in [4.78, 5) is 15.0. The Bertz CT molecular complexity index is 1040. The monoisotopic (exact) mass is 445 g/mol. The maximum absolute atomic E-state index is 13.0. The molecule has 2 aromatic rings. The van der Waals surface area contributed by atoms with E-state index in [1.165, 1.54) is 10.4 Å². The highest BCUT2D eigenvalue weighted by atomic mass is 32.2. The van der Waals surface area contributed by atoms with Crippen molar-refractivity contribution in [3.05, 3.63) is 58.7 Å². The predicted molar refractivity (Wildman–Crippen MR) is 121 cm³/mol. The molecular weight excluding hydrogens is 414 g/mol. The maximum atomic E-state index is 13.0. The second kappa shape index (κ2) is 9.80. The summed E-state index contributed by atoms with van der Waals surface area (Å²) in [6.07, 6.45) is 0. The van der Waals surface area contributed by atoms with E-state index in [1.54, 1.807) is 19.1 Å². The van der Waals surface area contributed by atoms with Crippen LogP contribution in [0.4, 0.5) is 0 Å². The number of rotatable bonds is 7. The molecule has 0 spiro atoms. The molecule has 31 heavy (non-hydrogen) atoms. The van der Waals surface area contributed by atoms with E-state index in [9.17, 15) is 13.2 Å². The van der Waals surface area contributed by atoms with E-state index in [4.69, 9.17) is 4.74 Å². The Morgan fingerprint density at radius 1 is 1.03 bits per heavy atom. The second-order valence-corrected chi connectivity index (χ2v) is 9.92. The lowest BCUT2D eigenvalue weighted by atomic mass is 10.1. The molecule has 1 aliphatic heterocycles. The number of nitrogens with zero attached hydrogens (tertiary/aromatic N) is 2. The van der Waals surface area contributed by atoms with Crippen LogP contribution in [-0.2, 0) is 10.0 Å². The van der Waals surface area contributed by atoms with Crippen molar-refractivity contribution in [2.24, 2.45) is 0 Å². The summed E-state index contributed by atoms with van der Waals surface area (Å²) >= 11 is 0. The molecule has 0 unspecified atom stereocenters. The SMILES string of the molecule is Cc1ccc(S(=O)(=O)N2CCN(C)CC2)cc1C(=O)NCCOc1cccc(C)c1C. The summed E-state index contributed by atoms with van der Waals surface area (Å²) in [5.74, 6) is 0.489. The van der Waals surface area contributed by atoms with E-state index >= 15 is 0 Å². The Morgan fingerprint density at radius 2 is 1.74 bits per heavy atom. The minimum atomic E-state index is -3.63. The number of sulfonamides is 1. The van der Waals surface area contributed by atoms with Gasteiger partial charge >= 0.3 is 0 Å². The first-order chi connectivity index (χ1) is 14.7. The van der Waals surface area contributed by atoms with E-state index in [0.717, 1.165) is 22.4 Å². The smallest absolute Gasteiger partial charge is 0.251 e. The zero-order chi connectivity index (χ0) is 22.6. The summed E-state index contributed by atoms with van der Waals surface area (Å²) in [5, 5.41) is 2.83. The van der Waals surface area contributed by atoms with Crippen molar-refractivity contribution in [2.75, 3.05) is 46.4 Å². The Labute approximate surface area is 185 Å². The van der Waals surface area contributed by atoms with Crippen LogP contribution in [0.1, 0.15) is 27.0 Å². The predicted octanol–water partition coefficient (Wildman–Crippen LogP) is 2.36. The van der Waals surface area contributed by atoms with Crippen molar-refractivity contribution in [3.63, 3.8) is 0 Å². The van der Waals surface area contributed by atoms with Gasteiger partial charge in [-0.1, -0.05) is 18.2 Å². The summed E-state index contributed by atoms with van der Waals surface area (Å²) < 4.78 is 33.3. The lowest BCUT2D eigenvalue weighted by Crippen LogP contribution is -2.47. The van der Waals surface area contributed by atoms with Crippen molar-refractivity contribution < 1.29 is 17.9 Å². The third-order valence-electron chi connectivity index (χ3n) is 5.75. The molecule has 0 aromatic heterocycles. The van der Waals surface area contributed by atoms with Crippen LogP contribution in [0.5, 0.6) is 5.75 Å². The van der Waals surface area contributed by atoms with Crippen LogP contribution >= 0.6 is 0 Å². The normalized spacial score (nSPS) is 15.6. The number of carbonyl (C=O) groups excluding carboxylic acids is 1. The van der Waals surface area contributed by atoms with E-state index in [-0.39, 0.29) is 10.8 Å². The van der Waals surface area contributed by atoms with Crippen LogP contribution in [0.25, 0.3) is 0 Å². The maximum Gasteiger partial charge on any atom is 0.251 e. The fourth-order valence-electron chi connectivity index (χ4n) is 3.49. The zero-order valence-corrected chi connectivity index (χ0v) is 19.5. The number of hydrogen-bond donors (Lipinski definition) is 1. The van der Waals surface area contributed by atoms with Gasteiger partial charge in [0, 0.05) is 31.7 Å². The standard InChI is InChI=1S/C23H31N3O4S/c1-17-6-5-7-22(19(17)3)30-15-10-24-23(27)21-16-20(9-8-18(21)2)31(28,29)26-13-11-25(4)12-14-26/h5-9,16H,10-15H2,1-4H3,(H,24,27). The minimum Gasteiger partial charge on any atom is -0.491 e. The lowest BCUT2D eigenvalue weighted by Gasteiger charge is -2.31. The molecule has 8 heteroatoms. The fourth-order valence-corrected chi connectivity index (χ4v) is 4.93. The van der Waals surface area contributed by atoms with Gasteiger partial charge in [-0.3, -0.25) is 4.79 Å². The van der Waals surface area contributed by atoms with Crippen LogP contribution in [0.15, 0.2) is 41.3 Å². The van der Waals surface area contributed by atoms with Crippen LogP contribution in [0, 0.1) is 20.8 Å². The zero-order valence-electron chi connectivity index (χ0n) is 18.6. The molecule has 1 aliphatic rings. The topological polar surface area (TPSA) is 79.0 Å². The molecule has 1 saturated heterocycles. The number of ether oxygens (including phenoxy) is 1. The average molecular weight is 446 g/mol. The minimum absolute atomic E-state index is 0.152. The number of nitrogens with one attached hydrogen (secondary N) is 1. The van der Waals surface area contributed by atoms with Gasteiger partial charge in [0.1, 0.15) is 12.4 Å². The van der Waals surface area contributed by atoms with Crippen LogP contribution in [0.3, 0.4) is 0 Å². The first-order valence-corrected chi connectivity index (χ1v) is 11.9. The molecule has 2 aromatic carbocycles. The molecule has 1 N–H and O–H groups in total. The summed E-state index contributed by atoms with van der Waals surface area (Å²) in [6.45, 7) is 8.75. The van der Waals surface area contributed by atoms with Crippen molar-refractivity contribution >= 4 is 15.9 Å². The third kappa shape index (κ3) is 5.44. The Balaban J connectivity index is 1.64. The molecule has 1 fully saturated rings. The molecule has 1 heterocycles. The number of aryl methyl sites for hydroxylation is 2. The highest BCUT2D eigenvalue weighted by Crippen LogP contribution is 2.22. The van der Waals surface area contributed by atoms with E-state index in [0.29, 0.717) is 44.9 Å². The van der Waals surface area contributed by atoms with Crippen LogP contribution < -0.4 is 10.1 Å². The van der Waals surface area contributed by atoms with E-state index in [1.807, 2.05) is 39.1 Å². The molecule has 7 nitrogen and oxygen atoms in total. The molecule has 0 radical (unpaired) electrons. The molecule has 0 saturated carbocycles. The molecule has 0 aliphatic carbocycles. The van der Waals surface area contributed by atoms with Gasteiger partial charge in [-0.15, -0.1) is 0 Å². The summed E-state index contributed by atoms with van der Waals surface area (Å²) in [7, 11) is -1.65. The number of carbonyl (C=O) groups is 1. The van der Waals surface area contributed by atoms with Gasteiger partial charge in [0.2, 0.25) is 10.0 Å². The molecule has 3 rings (SSSR count). The number of hydrogen-bond acceptors (Lipinski definition) is 5. The van der Waals surface area contributed by atoms with Crippen molar-refractivity contribution in [1.82, 2.24) is 14.5 Å². The molecule has 168 valence electrons. The van der Waals surface area contributed by atoms with E-state index < -0.39 is 10.0 Å².